The standard InChI is InChI=1S/C14H15N3O2/c18-13(16-10-5-6-10)7-8-17-9-15-12-4-2-1-3-11(12)14(17)19/h1-4,9-10H,5-8H2,(H,16,18). The van der Waals surface area contributed by atoms with E-state index >= 15 is 0 Å². The van der Waals surface area contributed by atoms with Gasteiger partial charge in [0.05, 0.1) is 17.2 Å². The summed E-state index contributed by atoms with van der Waals surface area (Å²) in [5.41, 5.74) is 0.594. The molecule has 0 bridgehead atoms. The van der Waals surface area contributed by atoms with Gasteiger partial charge in [0.1, 0.15) is 0 Å². The average molecular weight is 257 g/mol. The van der Waals surface area contributed by atoms with Gasteiger partial charge in [-0.05, 0) is 25.0 Å². The summed E-state index contributed by atoms with van der Waals surface area (Å²) in [6.07, 6.45) is 3.97. The molecule has 1 fully saturated rings. The maximum atomic E-state index is 12.2. The fourth-order valence-corrected chi connectivity index (χ4v) is 2.01. The number of hydrogen-bond donors (Lipinski definition) is 1. The lowest BCUT2D eigenvalue weighted by Gasteiger charge is -2.06. The number of aryl methyl sites for hydroxylation is 1. The maximum Gasteiger partial charge on any atom is 0.261 e. The van der Waals surface area contributed by atoms with Crippen LogP contribution >= 0.6 is 0 Å². The average Bonchev–Trinajstić information content (AvgIpc) is 3.22. The van der Waals surface area contributed by atoms with Gasteiger partial charge in [0.15, 0.2) is 0 Å². The zero-order valence-corrected chi connectivity index (χ0v) is 10.5. The molecule has 2 aromatic rings. The van der Waals surface area contributed by atoms with Crippen LogP contribution in [0.1, 0.15) is 19.3 Å². The Hall–Kier alpha value is -2.17. The maximum absolute atomic E-state index is 12.2. The van der Waals surface area contributed by atoms with Crippen LogP contribution in [0.15, 0.2) is 35.4 Å². The second kappa shape index (κ2) is 4.84. The number of amides is 1. The van der Waals surface area contributed by atoms with E-state index in [1.165, 1.54) is 10.9 Å². The third-order valence-corrected chi connectivity index (χ3v) is 3.25. The number of para-hydroxylation sites is 1. The Balaban J connectivity index is 1.75. The Kier molecular flexibility index (Phi) is 3.03. The monoisotopic (exact) mass is 257 g/mol. The highest BCUT2D eigenvalue weighted by molar-refractivity contribution is 5.77. The van der Waals surface area contributed by atoms with Gasteiger partial charge in [0.25, 0.3) is 5.56 Å². The first-order chi connectivity index (χ1) is 9.24. The van der Waals surface area contributed by atoms with Crippen molar-refractivity contribution in [1.82, 2.24) is 14.9 Å². The molecule has 1 N–H and O–H groups in total. The Labute approximate surface area is 110 Å². The van der Waals surface area contributed by atoms with E-state index in [9.17, 15) is 9.59 Å². The van der Waals surface area contributed by atoms with Crippen LogP contribution in [0.5, 0.6) is 0 Å². The van der Waals surface area contributed by atoms with Crippen molar-refractivity contribution >= 4 is 16.8 Å². The number of nitrogens with zero attached hydrogens (tertiary/aromatic N) is 2. The number of aromatic nitrogens is 2. The van der Waals surface area contributed by atoms with Crippen molar-refractivity contribution in [1.29, 1.82) is 0 Å². The van der Waals surface area contributed by atoms with E-state index in [1.54, 1.807) is 12.1 Å². The second-order valence-electron chi connectivity index (χ2n) is 4.85. The Morgan fingerprint density at radius 1 is 1.37 bits per heavy atom. The van der Waals surface area contributed by atoms with Crippen molar-refractivity contribution < 1.29 is 4.79 Å². The summed E-state index contributed by atoms with van der Waals surface area (Å²) in [7, 11) is 0. The third-order valence-electron chi connectivity index (χ3n) is 3.25. The van der Waals surface area contributed by atoms with Gasteiger partial charge in [-0.25, -0.2) is 4.98 Å². The molecule has 0 unspecified atom stereocenters. The van der Waals surface area contributed by atoms with Crippen molar-refractivity contribution in [2.24, 2.45) is 0 Å². The lowest BCUT2D eigenvalue weighted by Crippen LogP contribution is -2.28. The van der Waals surface area contributed by atoms with Gasteiger partial charge in [-0.3, -0.25) is 14.2 Å². The molecule has 0 spiro atoms. The number of nitrogens with one attached hydrogen (secondary N) is 1. The summed E-state index contributed by atoms with van der Waals surface area (Å²) in [4.78, 5) is 28.0. The van der Waals surface area contributed by atoms with Crippen LogP contribution in [0.4, 0.5) is 0 Å². The summed E-state index contributed by atoms with van der Waals surface area (Å²) < 4.78 is 1.49. The molecule has 5 heteroatoms. The summed E-state index contributed by atoms with van der Waals surface area (Å²) in [5, 5.41) is 3.50. The molecule has 1 amide bonds. The number of carbonyl (C=O) groups excluding carboxylic acids is 1. The number of benzene rings is 1. The number of fused-ring (bicyclic) bond motifs is 1. The van der Waals surface area contributed by atoms with Crippen molar-refractivity contribution in [2.45, 2.75) is 31.8 Å². The molecular formula is C14H15N3O2. The lowest BCUT2D eigenvalue weighted by molar-refractivity contribution is -0.121. The van der Waals surface area contributed by atoms with Crippen LogP contribution in [-0.2, 0) is 11.3 Å². The molecule has 1 aromatic carbocycles. The smallest absolute Gasteiger partial charge is 0.261 e. The zero-order chi connectivity index (χ0) is 13.2. The fourth-order valence-electron chi connectivity index (χ4n) is 2.01. The van der Waals surface area contributed by atoms with E-state index in [4.69, 9.17) is 0 Å². The van der Waals surface area contributed by atoms with Gasteiger partial charge in [-0.2, -0.15) is 0 Å². The van der Waals surface area contributed by atoms with Crippen LogP contribution < -0.4 is 10.9 Å². The molecule has 3 rings (SSSR count). The quantitative estimate of drug-likeness (QED) is 0.891. The molecule has 19 heavy (non-hydrogen) atoms. The Bertz CT molecular complexity index is 674. The van der Waals surface area contributed by atoms with Crippen molar-refractivity contribution in [2.75, 3.05) is 0 Å². The molecular weight excluding hydrogens is 242 g/mol. The minimum Gasteiger partial charge on any atom is -0.353 e. The predicted molar refractivity (Wildman–Crippen MR) is 71.8 cm³/mol. The SMILES string of the molecule is O=C(CCn1cnc2ccccc2c1=O)NC1CC1. The van der Waals surface area contributed by atoms with Gasteiger partial charge in [0.2, 0.25) is 5.91 Å². The molecule has 0 atom stereocenters. The minimum atomic E-state index is -0.0928. The van der Waals surface area contributed by atoms with Crippen molar-refractivity contribution in [3.8, 4) is 0 Å². The summed E-state index contributed by atoms with van der Waals surface area (Å²) >= 11 is 0. The van der Waals surface area contributed by atoms with E-state index in [-0.39, 0.29) is 11.5 Å². The largest absolute Gasteiger partial charge is 0.353 e. The highest BCUT2D eigenvalue weighted by Crippen LogP contribution is 2.18. The zero-order valence-electron chi connectivity index (χ0n) is 10.5. The molecule has 5 nitrogen and oxygen atoms in total. The molecule has 1 heterocycles. The lowest BCUT2D eigenvalue weighted by atomic mass is 10.2. The first-order valence-corrected chi connectivity index (χ1v) is 6.47. The van der Waals surface area contributed by atoms with Crippen LogP contribution in [-0.4, -0.2) is 21.5 Å². The van der Waals surface area contributed by atoms with Crippen molar-refractivity contribution in [3.05, 3.63) is 40.9 Å². The summed E-state index contributed by atoms with van der Waals surface area (Å²) in [6.45, 7) is 0.370. The highest BCUT2D eigenvalue weighted by Gasteiger charge is 2.22. The van der Waals surface area contributed by atoms with E-state index < -0.39 is 0 Å². The molecule has 0 radical (unpaired) electrons. The first-order valence-electron chi connectivity index (χ1n) is 6.47. The Morgan fingerprint density at radius 3 is 2.95 bits per heavy atom. The number of carbonyl (C=O) groups is 1. The van der Waals surface area contributed by atoms with Gasteiger partial charge in [-0.15, -0.1) is 0 Å². The van der Waals surface area contributed by atoms with E-state index in [0.717, 1.165) is 12.8 Å². The minimum absolute atomic E-state index is 0.00237. The molecule has 0 saturated heterocycles. The molecule has 1 aliphatic carbocycles. The normalized spacial score (nSPS) is 14.5. The molecule has 1 saturated carbocycles. The predicted octanol–water partition coefficient (Wildman–Crippen LogP) is 1.07. The second-order valence-corrected chi connectivity index (χ2v) is 4.85. The topological polar surface area (TPSA) is 64.0 Å². The van der Waals surface area contributed by atoms with Crippen LogP contribution in [0.25, 0.3) is 10.9 Å². The van der Waals surface area contributed by atoms with Crippen molar-refractivity contribution in [3.63, 3.8) is 0 Å². The summed E-state index contributed by atoms with van der Waals surface area (Å²) in [5.74, 6) is 0.00237. The third kappa shape index (κ3) is 2.65. The summed E-state index contributed by atoms with van der Waals surface area (Å²) in [6, 6.07) is 7.59. The Morgan fingerprint density at radius 2 is 2.16 bits per heavy atom. The van der Waals surface area contributed by atoms with Gasteiger partial charge in [-0.1, -0.05) is 12.1 Å². The van der Waals surface area contributed by atoms with E-state index in [2.05, 4.69) is 10.3 Å². The first kappa shape index (κ1) is 11.9. The fraction of sp³-hybridized carbons (Fsp3) is 0.357. The van der Waals surface area contributed by atoms with E-state index in [1.807, 2.05) is 12.1 Å². The van der Waals surface area contributed by atoms with Crippen LogP contribution in [0, 0.1) is 0 Å². The number of hydrogen-bond acceptors (Lipinski definition) is 3. The molecule has 98 valence electrons. The molecule has 0 aliphatic heterocycles. The number of rotatable bonds is 4. The van der Waals surface area contributed by atoms with Crippen LogP contribution in [0.2, 0.25) is 0 Å². The van der Waals surface area contributed by atoms with E-state index in [0.29, 0.717) is 29.9 Å². The van der Waals surface area contributed by atoms with Crippen LogP contribution in [0.3, 0.4) is 0 Å². The molecule has 1 aliphatic rings. The van der Waals surface area contributed by atoms with Gasteiger partial charge < -0.3 is 5.32 Å². The highest BCUT2D eigenvalue weighted by atomic mass is 16.2. The van der Waals surface area contributed by atoms with Gasteiger partial charge in [0, 0.05) is 19.0 Å². The molecule has 1 aromatic heterocycles. The van der Waals surface area contributed by atoms with Gasteiger partial charge >= 0.3 is 0 Å².